The lowest BCUT2D eigenvalue weighted by Gasteiger charge is -2.28. The molecule has 1 amide bonds. The van der Waals surface area contributed by atoms with Crippen molar-refractivity contribution >= 4 is 17.8 Å². The lowest BCUT2D eigenvalue weighted by molar-refractivity contribution is -0.144. The predicted molar refractivity (Wildman–Crippen MR) is 116 cm³/mol. The lowest BCUT2D eigenvalue weighted by atomic mass is 9.93. The Bertz CT molecular complexity index is 902. The molecule has 2 aromatic carbocycles. The Balaban J connectivity index is 1.93. The molecule has 0 fully saturated rings. The smallest absolute Gasteiger partial charge is 0.408 e. The van der Waals surface area contributed by atoms with Crippen LogP contribution >= 0.6 is 0 Å². The molecule has 166 valence electrons. The number of alkyl carbamates (subject to hydrolysis) is 1. The third-order valence-electron chi connectivity index (χ3n) is 4.53. The average Bonchev–Trinajstić information content (AvgIpc) is 2.70. The summed E-state index contributed by atoms with van der Waals surface area (Å²) < 4.78 is 10.8. The van der Waals surface area contributed by atoms with Crippen molar-refractivity contribution < 1.29 is 29.0 Å². The van der Waals surface area contributed by atoms with Crippen LogP contribution in [-0.4, -0.2) is 34.1 Å². The van der Waals surface area contributed by atoms with Crippen molar-refractivity contribution in [3.63, 3.8) is 0 Å². The van der Waals surface area contributed by atoms with Gasteiger partial charge in [0, 0.05) is 12.0 Å². The van der Waals surface area contributed by atoms with Crippen molar-refractivity contribution in [2.24, 2.45) is 0 Å². The molecule has 7 nitrogen and oxygen atoms in total. The first kappa shape index (κ1) is 23.9. The molecule has 2 aromatic rings. The summed E-state index contributed by atoms with van der Waals surface area (Å²) in [5, 5.41) is 11.9. The van der Waals surface area contributed by atoms with Gasteiger partial charge in [-0.15, -0.1) is 0 Å². The standard InChI is InChI=1S/C24H29NO6/c1-23(2,3)31-22(29)25-24(4,21(27)28)15-14-20(26)18-10-12-19(13-11-18)30-16-17-8-6-5-7-9-17/h5-13H,14-16H2,1-4H3,(H,25,29)(H,27,28)/t24-/m1/s1. The topological polar surface area (TPSA) is 102 Å². The van der Waals surface area contributed by atoms with Crippen molar-refractivity contribution in [1.82, 2.24) is 5.32 Å². The van der Waals surface area contributed by atoms with Crippen LogP contribution in [0.5, 0.6) is 5.75 Å². The molecule has 2 rings (SSSR count). The second-order valence-electron chi connectivity index (χ2n) is 8.49. The summed E-state index contributed by atoms with van der Waals surface area (Å²) in [6, 6.07) is 16.4. The number of nitrogens with one attached hydrogen (secondary N) is 1. The molecule has 0 saturated heterocycles. The lowest BCUT2D eigenvalue weighted by Crippen LogP contribution is -2.53. The van der Waals surface area contributed by atoms with Crippen molar-refractivity contribution in [3.05, 3.63) is 65.7 Å². The van der Waals surface area contributed by atoms with E-state index in [2.05, 4.69) is 5.32 Å². The number of hydrogen-bond donors (Lipinski definition) is 2. The quantitative estimate of drug-likeness (QED) is 0.567. The van der Waals surface area contributed by atoms with Crippen molar-refractivity contribution in [3.8, 4) is 5.75 Å². The number of hydrogen-bond acceptors (Lipinski definition) is 5. The van der Waals surface area contributed by atoms with Crippen LogP contribution in [0.2, 0.25) is 0 Å². The van der Waals surface area contributed by atoms with Gasteiger partial charge in [0.1, 0.15) is 23.5 Å². The maximum absolute atomic E-state index is 12.5. The number of carbonyl (C=O) groups excluding carboxylic acids is 2. The second-order valence-corrected chi connectivity index (χ2v) is 8.49. The van der Waals surface area contributed by atoms with E-state index < -0.39 is 23.2 Å². The Morgan fingerprint density at radius 2 is 1.55 bits per heavy atom. The van der Waals surface area contributed by atoms with Crippen LogP contribution in [0.3, 0.4) is 0 Å². The molecular formula is C24H29NO6. The molecule has 0 aliphatic heterocycles. The SMILES string of the molecule is CC(C)(C)OC(=O)N[C@](C)(CCC(=O)c1ccc(OCc2ccccc2)cc1)C(=O)O. The molecule has 0 radical (unpaired) electrons. The van der Waals surface area contributed by atoms with Gasteiger partial charge in [0.05, 0.1) is 0 Å². The normalized spacial score (nSPS) is 13.0. The summed E-state index contributed by atoms with van der Waals surface area (Å²) in [6.45, 7) is 6.82. The third-order valence-corrected chi connectivity index (χ3v) is 4.53. The van der Waals surface area contributed by atoms with E-state index in [1.807, 2.05) is 30.3 Å². The molecule has 0 aromatic heterocycles. The minimum atomic E-state index is -1.63. The van der Waals surface area contributed by atoms with E-state index in [4.69, 9.17) is 9.47 Å². The van der Waals surface area contributed by atoms with Gasteiger partial charge in [0.15, 0.2) is 5.78 Å². The molecule has 1 atom stereocenters. The van der Waals surface area contributed by atoms with E-state index >= 15 is 0 Å². The van der Waals surface area contributed by atoms with Crippen molar-refractivity contribution in [2.45, 2.75) is 58.3 Å². The highest BCUT2D eigenvalue weighted by molar-refractivity contribution is 5.96. The fourth-order valence-electron chi connectivity index (χ4n) is 2.74. The molecule has 0 bridgehead atoms. The second kappa shape index (κ2) is 10.1. The van der Waals surface area contributed by atoms with Crippen LogP contribution in [0, 0.1) is 0 Å². The fraction of sp³-hybridized carbons (Fsp3) is 0.375. The average molecular weight is 427 g/mol. The molecule has 0 saturated carbocycles. The molecule has 0 aliphatic carbocycles. The third kappa shape index (κ3) is 7.77. The number of ketones is 1. The highest BCUT2D eigenvalue weighted by Gasteiger charge is 2.36. The number of carbonyl (C=O) groups is 3. The van der Waals surface area contributed by atoms with Gasteiger partial charge in [0.2, 0.25) is 0 Å². The number of carboxylic acid groups (broad SMARTS) is 1. The minimum absolute atomic E-state index is 0.0528. The summed E-state index contributed by atoms with van der Waals surface area (Å²) >= 11 is 0. The van der Waals surface area contributed by atoms with E-state index in [0.717, 1.165) is 5.56 Å². The highest BCUT2D eigenvalue weighted by Crippen LogP contribution is 2.20. The zero-order chi connectivity index (χ0) is 23.1. The van der Waals surface area contributed by atoms with E-state index in [9.17, 15) is 19.5 Å². The van der Waals surface area contributed by atoms with Gasteiger partial charge in [0.25, 0.3) is 0 Å². The zero-order valence-corrected chi connectivity index (χ0v) is 18.3. The number of aliphatic carboxylic acids is 1. The Kier molecular flexibility index (Phi) is 7.80. The first-order chi connectivity index (χ1) is 14.5. The van der Waals surface area contributed by atoms with Crippen LogP contribution < -0.4 is 10.1 Å². The first-order valence-corrected chi connectivity index (χ1v) is 10.0. The van der Waals surface area contributed by atoms with Gasteiger partial charge >= 0.3 is 12.1 Å². The molecular weight excluding hydrogens is 398 g/mol. The minimum Gasteiger partial charge on any atom is -0.489 e. The van der Waals surface area contributed by atoms with Crippen LogP contribution in [0.1, 0.15) is 56.5 Å². The van der Waals surface area contributed by atoms with Crippen LogP contribution in [0.4, 0.5) is 4.79 Å². The summed E-state index contributed by atoms with van der Waals surface area (Å²) in [6.07, 6.45) is -0.972. The molecule has 0 heterocycles. The maximum Gasteiger partial charge on any atom is 0.408 e. The van der Waals surface area contributed by atoms with E-state index in [1.54, 1.807) is 45.0 Å². The summed E-state index contributed by atoms with van der Waals surface area (Å²) in [7, 11) is 0. The van der Waals surface area contributed by atoms with Gasteiger partial charge in [-0.1, -0.05) is 30.3 Å². The monoisotopic (exact) mass is 427 g/mol. The van der Waals surface area contributed by atoms with E-state index in [-0.39, 0.29) is 18.6 Å². The van der Waals surface area contributed by atoms with Gasteiger partial charge in [-0.2, -0.15) is 0 Å². The van der Waals surface area contributed by atoms with Crippen molar-refractivity contribution in [1.29, 1.82) is 0 Å². The molecule has 2 N–H and O–H groups in total. The van der Waals surface area contributed by atoms with Crippen LogP contribution in [-0.2, 0) is 16.1 Å². The largest absolute Gasteiger partial charge is 0.489 e. The predicted octanol–water partition coefficient (Wildman–Crippen LogP) is 4.60. The maximum atomic E-state index is 12.5. The summed E-state index contributed by atoms with van der Waals surface area (Å²) in [4.78, 5) is 36.2. The molecule has 31 heavy (non-hydrogen) atoms. The molecule has 0 aliphatic rings. The van der Waals surface area contributed by atoms with Crippen LogP contribution in [0.15, 0.2) is 54.6 Å². The number of amides is 1. The molecule has 0 spiro atoms. The van der Waals surface area contributed by atoms with E-state index in [0.29, 0.717) is 17.9 Å². The van der Waals surface area contributed by atoms with Gasteiger partial charge in [-0.05, 0) is 63.9 Å². The van der Waals surface area contributed by atoms with Gasteiger partial charge in [-0.25, -0.2) is 9.59 Å². The first-order valence-electron chi connectivity index (χ1n) is 10.0. The highest BCUT2D eigenvalue weighted by atomic mass is 16.6. The Labute approximate surface area is 182 Å². The van der Waals surface area contributed by atoms with Crippen molar-refractivity contribution in [2.75, 3.05) is 0 Å². The van der Waals surface area contributed by atoms with Crippen LogP contribution in [0.25, 0.3) is 0 Å². The Morgan fingerprint density at radius 3 is 2.10 bits per heavy atom. The number of ether oxygens (including phenoxy) is 2. The molecule has 7 heteroatoms. The molecule has 0 unspecified atom stereocenters. The fourth-order valence-corrected chi connectivity index (χ4v) is 2.74. The number of benzene rings is 2. The number of Topliss-reactive ketones (excluding diaryl/α,β-unsaturated/α-hetero) is 1. The summed E-state index contributed by atoms with van der Waals surface area (Å²) in [5.74, 6) is -0.841. The zero-order valence-electron chi connectivity index (χ0n) is 18.3. The number of carboxylic acids is 1. The van der Waals surface area contributed by atoms with Gasteiger partial charge < -0.3 is 19.9 Å². The van der Waals surface area contributed by atoms with Gasteiger partial charge in [-0.3, -0.25) is 4.79 Å². The Morgan fingerprint density at radius 1 is 0.935 bits per heavy atom. The Hall–Kier alpha value is -3.35. The summed E-state index contributed by atoms with van der Waals surface area (Å²) in [5.41, 5.74) is -0.912. The van der Waals surface area contributed by atoms with E-state index in [1.165, 1.54) is 6.92 Å². The number of rotatable bonds is 9.